The van der Waals surface area contributed by atoms with Gasteiger partial charge >= 0.3 is 5.97 Å². The van der Waals surface area contributed by atoms with Crippen molar-refractivity contribution in [1.82, 2.24) is 0 Å². The maximum Gasteiger partial charge on any atom is 0.308 e. The van der Waals surface area contributed by atoms with Gasteiger partial charge in [-0.25, -0.2) is 0 Å². The van der Waals surface area contributed by atoms with Crippen molar-refractivity contribution < 1.29 is 19.4 Å². The second-order valence-electron chi connectivity index (χ2n) is 6.44. The molecule has 1 aliphatic rings. The average molecular weight is 294 g/mol. The van der Waals surface area contributed by atoms with E-state index < -0.39 is 11.6 Å². The summed E-state index contributed by atoms with van der Waals surface area (Å²) in [6.45, 7) is 10.2. The third-order valence-corrected chi connectivity index (χ3v) is 4.51. The van der Waals surface area contributed by atoms with Crippen molar-refractivity contribution in [3.8, 4) is 0 Å². The number of carboxylic acid groups (broad SMARTS) is 1. The Labute approximate surface area is 126 Å². The lowest BCUT2D eigenvalue weighted by atomic mass is 9.60. The summed E-state index contributed by atoms with van der Waals surface area (Å²) < 4.78 is 6.02. The number of ether oxygens (including phenoxy) is 1. The summed E-state index contributed by atoms with van der Waals surface area (Å²) in [6, 6.07) is 0. The standard InChI is InChI=1S/C17H26O4/c1-6-21-17(10-7-12(2)11-15(19)20)13(3)14(18)8-9-16(17,4)5/h10,13H,6,8-9,11H2,1-5H3,(H,19,20). The number of hydrogen-bond donors (Lipinski definition) is 1. The predicted octanol–water partition coefficient (Wildman–Crippen LogP) is 3.36. The molecule has 2 atom stereocenters. The van der Waals surface area contributed by atoms with Crippen LogP contribution in [-0.4, -0.2) is 29.1 Å². The van der Waals surface area contributed by atoms with Gasteiger partial charge in [0.2, 0.25) is 0 Å². The van der Waals surface area contributed by atoms with Crippen LogP contribution in [0.2, 0.25) is 0 Å². The van der Waals surface area contributed by atoms with Crippen LogP contribution in [0.15, 0.2) is 17.4 Å². The Kier molecular flexibility index (Phi) is 5.54. The Morgan fingerprint density at radius 3 is 2.67 bits per heavy atom. The third kappa shape index (κ3) is 3.63. The van der Waals surface area contributed by atoms with E-state index in [4.69, 9.17) is 9.84 Å². The zero-order valence-corrected chi connectivity index (χ0v) is 13.7. The van der Waals surface area contributed by atoms with Gasteiger partial charge in [-0.05, 0) is 37.3 Å². The molecular weight excluding hydrogens is 268 g/mol. The van der Waals surface area contributed by atoms with Crippen LogP contribution < -0.4 is 0 Å². The van der Waals surface area contributed by atoms with Crippen molar-refractivity contribution >= 4 is 11.8 Å². The molecule has 0 aromatic rings. The van der Waals surface area contributed by atoms with Crippen molar-refractivity contribution in [3.05, 3.63) is 17.4 Å². The maximum atomic E-state index is 12.2. The lowest BCUT2D eigenvalue weighted by Crippen LogP contribution is -2.56. The summed E-state index contributed by atoms with van der Waals surface area (Å²) in [5, 5.41) is 8.83. The first-order valence-corrected chi connectivity index (χ1v) is 7.48. The summed E-state index contributed by atoms with van der Waals surface area (Å²) in [5.41, 5.74) is 2.75. The molecule has 1 fully saturated rings. The highest BCUT2D eigenvalue weighted by Crippen LogP contribution is 2.49. The Morgan fingerprint density at radius 1 is 1.52 bits per heavy atom. The number of carboxylic acids is 1. The summed E-state index contributed by atoms with van der Waals surface area (Å²) in [7, 11) is 0. The Hall–Kier alpha value is -1.38. The van der Waals surface area contributed by atoms with Crippen LogP contribution >= 0.6 is 0 Å². The fraction of sp³-hybridized carbons (Fsp3) is 0.706. The van der Waals surface area contributed by atoms with Crippen LogP contribution in [0.25, 0.3) is 0 Å². The molecule has 0 amide bonds. The van der Waals surface area contributed by atoms with Gasteiger partial charge in [-0.15, -0.1) is 5.73 Å². The van der Waals surface area contributed by atoms with E-state index in [2.05, 4.69) is 19.6 Å². The molecule has 2 unspecified atom stereocenters. The van der Waals surface area contributed by atoms with E-state index in [9.17, 15) is 9.59 Å². The van der Waals surface area contributed by atoms with Gasteiger partial charge in [-0.2, -0.15) is 0 Å². The molecule has 1 saturated carbocycles. The van der Waals surface area contributed by atoms with Gasteiger partial charge in [0.05, 0.1) is 6.42 Å². The summed E-state index contributed by atoms with van der Waals surface area (Å²) in [6.07, 6.45) is 3.05. The van der Waals surface area contributed by atoms with E-state index in [1.807, 2.05) is 13.8 Å². The Bertz CT molecular complexity index is 483. The number of carbonyl (C=O) groups is 2. The molecule has 0 heterocycles. The molecule has 0 bridgehead atoms. The highest BCUT2D eigenvalue weighted by Gasteiger charge is 2.53. The van der Waals surface area contributed by atoms with Crippen LogP contribution in [0.4, 0.5) is 0 Å². The summed E-state index contributed by atoms with van der Waals surface area (Å²) >= 11 is 0. The van der Waals surface area contributed by atoms with E-state index in [0.29, 0.717) is 18.6 Å². The third-order valence-electron chi connectivity index (χ3n) is 4.51. The average Bonchev–Trinajstić information content (AvgIpc) is 2.37. The van der Waals surface area contributed by atoms with Crippen LogP contribution in [0.1, 0.15) is 53.9 Å². The second-order valence-corrected chi connectivity index (χ2v) is 6.44. The van der Waals surface area contributed by atoms with E-state index >= 15 is 0 Å². The summed E-state index contributed by atoms with van der Waals surface area (Å²) in [4.78, 5) is 22.9. The minimum absolute atomic E-state index is 0.0541. The van der Waals surface area contributed by atoms with Crippen LogP contribution in [0, 0.1) is 11.3 Å². The normalized spacial score (nSPS) is 27.9. The van der Waals surface area contributed by atoms with Gasteiger partial charge in [0.1, 0.15) is 11.4 Å². The lowest BCUT2D eigenvalue weighted by molar-refractivity contribution is -0.161. The number of aliphatic carboxylic acids is 1. The first-order chi connectivity index (χ1) is 9.66. The van der Waals surface area contributed by atoms with Crippen LogP contribution in [-0.2, 0) is 14.3 Å². The molecular formula is C17H26O4. The first-order valence-electron chi connectivity index (χ1n) is 7.48. The molecule has 0 radical (unpaired) electrons. The molecule has 0 aromatic carbocycles. The zero-order valence-electron chi connectivity index (χ0n) is 13.7. The van der Waals surface area contributed by atoms with Gasteiger partial charge < -0.3 is 9.84 Å². The first kappa shape index (κ1) is 17.7. The Balaban J connectivity index is 3.31. The molecule has 21 heavy (non-hydrogen) atoms. The quantitative estimate of drug-likeness (QED) is 0.790. The van der Waals surface area contributed by atoms with Gasteiger partial charge in [0, 0.05) is 18.9 Å². The van der Waals surface area contributed by atoms with Gasteiger partial charge in [-0.3, -0.25) is 9.59 Å². The highest BCUT2D eigenvalue weighted by atomic mass is 16.5. The molecule has 118 valence electrons. The van der Waals surface area contributed by atoms with E-state index in [1.54, 1.807) is 13.0 Å². The maximum absolute atomic E-state index is 12.2. The molecule has 1 N–H and O–H groups in total. The largest absolute Gasteiger partial charge is 0.481 e. The van der Waals surface area contributed by atoms with Crippen LogP contribution in [0.5, 0.6) is 0 Å². The molecule has 0 aromatic heterocycles. The number of carbonyl (C=O) groups excluding carboxylic acids is 1. The number of hydrogen-bond acceptors (Lipinski definition) is 3. The Morgan fingerprint density at radius 2 is 2.14 bits per heavy atom. The topological polar surface area (TPSA) is 63.6 Å². The van der Waals surface area contributed by atoms with E-state index in [1.165, 1.54) is 0 Å². The molecule has 0 aliphatic heterocycles. The van der Waals surface area contributed by atoms with E-state index in [-0.39, 0.29) is 23.5 Å². The SMILES string of the molecule is CCOC1(C=C=C(C)CC(=O)O)C(C)C(=O)CCC1(C)C. The van der Waals surface area contributed by atoms with Gasteiger partial charge in [-0.1, -0.05) is 20.8 Å². The van der Waals surface area contributed by atoms with Crippen molar-refractivity contribution in [2.45, 2.75) is 59.5 Å². The lowest BCUT2D eigenvalue weighted by Gasteiger charge is -2.50. The number of Topliss-reactive ketones (excluding diaryl/α,β-unsaturated/α-hetero) is 1. The number of ketones is 1. The number of rotatable bonds is 5. The highest BCUT2D eigenvalue weighted by molar-refractivity contribution is 5.83. The molecule has 0 spiro atoms. The fourth-order valence-electron chi connectivity index (χ4n) is 3.10. The minimum Gasteiger partial charge on any atom is -0.481 e. The molecule has 1 aliphatic carbocycles. The predicted molar refractivity (Wildman–Crippen MR) is 81.1 cm³/mol. The monoisotopic (exact) mass is 294 g/mol. The van der Waals surface area contributed by atoms with E-state index in [0.717, 1.165) is 6.42 Å². The molecule has 4 heteroatoms. The summed E-state index contributed by atoms with van der Waals surface area (Å²) in [5.74, 6) is -0.950. The molecule has 4 nitrogen and oxygen atoms in total. The second kappa shape index (κ2) is 6.59. The minimum atomic E-state index is -0.883. The van der Waals surface area contributed by atoms with Crippen molar-refractivity contribution in [2.24, 2.45) is 11.3 Å². The van der Waals surface area contributed by atoms with Crippen molar-refractivity contribution in [1.29, 1.82) is 0 Å². The van der Waals surface area contributed by atoms with Gasteiger partial charge in [0.25, 0.3) is 0 Å². The molecule has 0 saturated heterocycles. The van der Waals surface area contributed by atoms with Crippen LogP contribution in [0.3, 0.4) is 0 Å². The zero-order chi connectivity index (χ0) is 16.3. The van der Waals surface area contributed by atoms with Crippen molar-refractivity contribution in [3.63, 3.8) is 0 Å². The van der Waals surface area contributed by atoms with Gasteiger partial charge in [0.15, 0.2) is 0 Å². The van der Waals surface area contributed by atoms with Crippen molar-refractivity contribution in [2.75, 3.05) is 6.61 Å². The molecule has 1 rings (SSSR count). The fourth-order valence-corrected chi connectivity index (χ4v) is 3.10. The smallest absolute Gasteiger partial charge is 0.308 e.